The molecule has 0 atom stereocenters. The summed E-state index contributed by atoms with van der Waals surface area (Å²) < 4.78 is 0.313. The van der Waals surface area contributed by atoms with Crippen molar-refractivity contribution in [3.8, 4) is 47.9 Å². The first kappa shape index (κ1) is 41.4. The van der Waals surface area contributed by atoms with Gasteiger partial charge in [0.05, 0.1) is 31.8 Å². The summed E-state index contributed by atoms with van der Waals surface area (Å²) in [6.45, 7) is 0. The third-order valence-corrected chi connectivity index (χ3v) is 7.61. The van der Waals surface area contributed by atoms with Crippen LogP contribution in [0.15, 0.2) is 150 Å². The highest BCUT2D eigenvalue weighted by atomic mass is 79.9. The molecule has 57 heavy (non-hydrogen) atoms. The lowest BCUT2D eigenvalue weighted by atomic mass is 10.1. The van der Waals surface area contributed by atoms with Gasteiger partial charge in [0, 0.05) is 67.7 Å². The van der Waals surface area contributed by atoms with Crippen LogP contribution >= 0.6 is 15.9 Å². The zero-order valence-corrected chi connectivity index (χ0v) is 31.0. The third kappa shape index (κ3) is 13.9. The van der Waals surface area contributed by atoms with Gasteiger partial charge in [-0.3, -0.25) is 40.5 Å². The molecule has 0 bridgehead atoms. The fourth-order valence-corrected chi connectivity index (χ4v) is 4.88. The number of benzene rings is 6. The molecule has 0 N–H and O–H groups in total. The molecule has 0 spiro atoms. The van der Waals surface area contributed by atoms with Crippen molar-refractivity contribution in [3.63, 3.8) is 0 Å². The van der Waals surface area contributed by atoms with Gasteiger partial charge in [0.1, 0.15) is 0 Å². The lowest BCUT2D eigenvalue weighted by Crippen LogP contribution is -1.94. The van der Waals surface area contributed by atoms with E-state index in [2.05, 4.69) is 57.4 Å². The largest absolute Gasteiger partial charge is 0.277 e. The second kappa shape index (κ2) is 20.8. The van der Waals surface area contributed by atoms with Crippen molar-refractivity contribution in [3.05, 3.63) is 229 Å². The zero-order chi connectivity index (χ0) is 41.2. The monoisotopic (exact) mass is 816 g/mol. The molecule has 0 aliphatic rings. The Hall–Kier alpha value is -8.36. The number of halogens is 1. The Bertz CT molecular complexity index is 2600. The van der Waals surface area contributed by atoms with Crippen molar-refractivity contribution in [2.45, 2.75) is 0 Å². The Morgan fingerprint density at radius 3 is 0.930 bits per heavy atom. The lowest BCUT2D eigenvalue weighted by molar-refractivity contribution is -0.394. The molecule has 0 radical (unpaired) electrons. The van der Waals surface area contributed by atoms with E-state index < -0.39 is 19.7 Å². The fraction of sp³-hybridized carbons (Fsp3) is 0. The summed E-state index contributed by atoms with van der Waals surface area (Å²) in [5.74, 6) is 20.5. The number of nitro benzene ring substituents is 4. The Kier molecular flexibility index (Phi) is 15.1. The number of terminal acetylenes is 1. The second-order valence-electron chi connectivity index (χ2n) is 11.2. The maximum atomic E-state index is 10.9. The summed E-state index contributed by atoms with van der Waals surface area (Å²) in [6.07, 6.45) is 5.28. The van der Waals surface area contributed by atoms with Crippen LogP contribution in [0.1, 0.15) is 38.9 Å². The number of nitrogens with zero attached hydrogens (tertiary/aromatic N) is 4. The average Bonchev–Trinajstić information content (AvgIpc) is 3.22. The molecule has 0 saturated heterocycles. The molecule has 6 aromatic carbocycles. The molecule has 6 aromatic rings. The van der Waals surface area contributed by atoms with Crippen molar-refractivity contribution >= 4 is 38.7 Å². The Morgan fingerprint density at radius 2 is 0.632 bits per heavy atom. The molecule has 6 rings (SSSR count). The summed E-state index contributed by atoms with van der Waals surface area (Å²) in [7, 11) is 0. The van der Waals surface area contributed by atoms with Crippen LogP contribution in [0.25, 0.3) is 0 Å². The van der Waals surface area contributed by atoms with Crippen molar-refractivity contribution in [2.75, 3.05) is 0 Å². The number of nitro groups is 4. The van der Waals surface area contributed by atoms with Gasteiger partial charge in [-0.15, -0.1) is 6.42 Å². The standard InChI is InChI=1S/C22H12N2O4.C16H10.C6H3BrN2O4/c25-23(26)21-14-20(15-22(16-21)24(27)28)13-12-19-10-8-18(9-11-19)7-6-17-4-2-1-3-5-17;1-2-14-8-10-16(11-9-14)13-12-15-6-4-3-5-7-15;7-4-1-5(8(10)11)3-6(2-4)9(12)13/h1-5,8-11,14-16H;1,3-11H;1-3H. The average molecular weight is 818 g/mol. The molecule has 13 heteroatoms. The molecule has 0 saturated carbocycles. The molecule has 0 heterocycles. The van der Waals surface area contributed by atoms with Crippen LogP contribution in [0, 0.1) is 88.3 Å². The fourth-order valence-electron chi connectivity index (χ4n) is 4.41. The van der Waals surface area contributed by atoms with Gasteiger partial charge in [0.25, 0.3) is 22.7 Å². The molecule has 0 aliphatic carbocycles. The van der Waals surface area contributed by atoms with E-state index in [9.17, 15) is 40.5 Å². The van der Waals surface area contributed by atoms with Crippen molar-refractivity contribution in [1.82, 2.24) is 0 Å². The third-order valence-electron chi connectivity index (χ3n) is 7.15. The Morgan fingerprint density at radius 1 is 0.368 bits per heavy atom. The van der Waals surface area contributed by atoms with Crippen LogP contribution in [0.4, 0.5) is 22.7 Å². The van der Waals surface area contributed by atoms with Crippen LogP contribution in [-0.4, -0.2) is 19.7 Å². The van der Waals surface area contributed by atoms with Gasteiger partial charge in [-0.25, -0.2) is 0 Å². The summed E-state index contributed by atoms with van der Waals surface area (Å²) in [4.78, 5) is 39.7. The first-order valence-electron chi connectivity index (χ1n) is 16.3. The van der Waals surface area contributed by atoms with Gasteiger partial charge >= 0.3 is 0 Å². The van der Waals surface area contributed by atoms with E-state index in [1.165, 1.54) is 24.3 Å². The van der Waals surface area contributed by atoms with E-state index >= 15 is 0 Å². The van der Waals surface area contributed by atoms with Crippen LogP contribution in [-0.2, 0) is 0 Å². The van der Waals surface area contributed by atoms with Gasteiger partial charge in [-0.05, 0) is 72.8 Å². The maximum absolute atomic E-state index is 10.9. The van der Waals surface area contributed by atoms with Crippen LogP contribution < -0.4 is 0 Å². The molecule has 0 unspecified atom stereocenters. The van der Waals surface area contributed by atoms with Crippen molar-refractivity contribution in [1.29, 1.82) is 0 Å². The predicted octanol–water partition coefficient (Wildman–Crippen LogP) is 9.64. The minimum atomic E-state index is -0.683. The van der Waals surface area contributed by atoms with Crippen molar-refractivity contribution in [2.24, 2.45) is 0 Å². The normalized spacial score (nSPS) is 9.26. The Balaban J connectivity index is 0.000000209. The summed E-state index contributed by atoms with van der Waals surface area (Å²) in [5, 5.41) is 42.4. The highest BCUT2D eigenvalue weighted by Gasteiger charge is 2.16. The molecule has 12 nitrogen and oxygen atoms in total. The van der Waals surface area contributed by atoms with Gasteiger partial charge < -0.3 is 0 Å². The first-order valence-corrected chi connectivity index (χ1v) is 17.1. The minimum absolute atomic E-state index is 0.203. The quantitative estimate of drug-likeness (QED) is 0.0961. The molecule has 0 aromatic heterocycles. The topological polar surface area (TPSA) is 173 Å². The molecular formula is C44H25BrN4O8. The van der Waals surface area contributed by atoms with E-state index in [1.54, 1.807) is 12.1 Å². The van der Waals surface area contributed by atoms with Crippen LogP contribution in [0.2, 0.25) is 0 Å². The van der Waals surface area contributed by atoms with E-state index in [0.717, 1.165) is 39.9 Å². The molecule has 0 amide bonds. The molecule has 0 fully saturated rings. The van der Waals surface area contributed by atoms with Gasteiger partial charge in [0.15, 0.2) is 0 Å². The number of rotatable bonds is 4. The molecule has 0 aliphatic heterocycles. The number of hydrogen-bond donors (Lipinski definition) is 0. The number of hydrogen-bond acceptors (Lipinski definition) is 8. The number of non-ortho nitro benzene ring substituents is 4. The summed E-state index contributed by atoms with van der Waals surface area (Å²) >= 11 is 2.94. The van der Waals surface area contributed by atoms with E-state index in [4.69, 9.17) is 6.42 Å². The van der Waals surface area contributed by atoms with Gasteiger partial charge in [0.2, 0.25) is 0 Å². The van der Waals surface area contributed by atoms with E-state index in [-0.39, 0.29) is 28.3 Å². The van der Waals surface area contributed by atoms with Crippen molar-refractivity contribution < 1.29 is 19.7 Å². The maximum Gasteiger partial charge on any atom is 0.277 e. The first-order chi connectivity index (χ1) is 27.4. The zero-order valence-electron chi connectivity index (χ0n) is 29.4. The minimum Gasteiger partial charge on any atom is -0.258 e. The van der Waals surface area contributed by atoms with Crippen LogP contribution in [0.5, 0.6) is 0 Å². The lowest BCUT2D eigenvalue weighted by Gasteiger charge is -1.95. The van der Waals surface area contributed by atoms with Crippen LogP contribution in [0.3, 0.4) is 0 Å². The van der Waals surface area contributed by atoms with E-state index in [1.807, 2.05) is 97.1 Å². The van der Waals surface area contributed by atoms with Gasteiger partial charge in [-0.2, -0.15) is 0 Å². The highest BCUT2D eigenvalue weighted by molar-refractivity contribution is 9.10. The SMILES string of the molecule is C#Cc1ccc(C#Cc2ccccc2)cc1.O=[N+]([O-])c1cc(Br)cc([N+](=O)[O-])c1.O=[N+]([O-])c1cc(C#Cc2ccc(C#Cc3ccccc3)cc2)cc([N+](=O)[O-])c1. The second-order valence-corrected chi connectivity index (χ2v) is 12.1. The smallest absolute Gasteiger partial charge is 0.258 e. The van der Waals surface area contributed by atoms with E-state index in [0.29, 0.717) is 10.0 Å². The highest BCUT2D eigenvalue weighted by Crippen LogP contribution is 2.26. The predicted molar refractivity (Wildman–Crippen MR) is 219 cm³/mol. The van der Waals surface area contributed by atoms with Gasteiger partial charge in [-0.1, -0.05) is 93.8 Å². The summed E-state index contributed by atoms with van der Waals surface area (Å²) in [6, 6.07) is 41.0. The molecular weight excluding hydrogens is 792 g/mol. The summed E-state index contributed by atoms with van der Waals surface area (Å²) in [5.41, 5.74) is 4.13. The molecule has 276 valence electrons. The Labute approximate surface area is 334 Å².